The number of hydrogen-bond acceptors (Lipinski definition) is 5. The lowest BCUT2D eigenvalue weighted by Gasteiger charge is -2.11. The Morgan fingerprint density at radius 2 is 1.88 bits per heavy atom. The fraction of sp³-hybridized carbons (Fsp3) is 0.176. The minimum atomic E-state index is -4.54. The third-order valence-corrected chi connectivity index (χ3v) is 4.29. The van der Waals surface area contributed by atoms with E-state index in [2.05, 4.69) is 15.3 Å². The quantitative estimate of drug-likeness (QED) is 0.702. The first-order valence-electron chi connectivity index (χ1n) is 7.32. The highest BCUT2D eigenvalue weighted by molar-refractivity contribution is 7.13. The predicted octanol–water partition coefficient (Wildman–Crippen LogP) is 4.84. The van der Waals surface area contributed by atoms with Gasteiger partial charge < -0.3 is 10.1 Å². The van der Waals surface area contributed by atoms with Crippen LogP contribution in [-0.4, -0.2) is 17.1 Å². The monoisotopic (exact) mass is 365 g/mol. The topological polar surface area (TPSA) is 47.0 Å². The smallest absolute Gasteiger partial charge is 0.433 e. The molecule has 0 amide bonds. The number of methoxy groups -OCH3 is 1. The van der Waals surface area contributed by atoms with E-state index in [-0.39, 0.29) is 11.6 Å². The zero-order valence-electron chi connectivity index (χ0n) is 13.2. The number of nitrogens with zero attached hydrogens (tertiary/aromatic N) is 2. The highest BCUT2D eigenvalue weighted by atomic mass is 32.1. The molecule has 2 aromatic heterocycles. The maximum absolute atomic E-state index is 13.1. The van der Waals surface area contributed by atoms with Crippen LogP contribution >= 0.6 is 11.3 Å². The number of ether oxygens (including phenoxy) is 1. The van der Waals surface area contributed by atoms with E-state index in [1.807, 2.05) is 12.1 Å². The summed E-state index contributed by atoms with van der Waals surface area (Å²) in [6.07, 6.45) is -4.54. The molecule has 3 rings (SSSR count). The van der Waals surface area contributed by atoms with Crippen LogP contribution in [0.4, 0.5) is 19.1 Å². The van der Waals surface area contributed by atoms with Gasteiger partial charge in [0, 0.05) is 6.54 Å². The Bertz CT molecular complexity index is 833. The van der Waals surface area contributed by atoms with Gasteiger partial charge in [-0.05, 0) is 35.2 Å². The molecule has 0 radical (unpaired) electrons. The second-order valence-corrected chi connectivity index (χ2v) is 6.09. The van der Waals surface area contributed by atoms with Gasteiger partial charge in [-0.3, -0.25) is 0 Å². The summed E-state index contributed by atoms with van der Waals surface area (Å²) < 4.78 is 44.4. The van der Waals surface area contributed by atoms with Crippen molar-refractivity contribution in [2.75, 3.05) is 12.4 Å². The summed E-state index contributed by atoms with van der Waals surface area (Å²) in [5.74, 6) is 0.646. The van der Waals surface area contributed by atoms with Crippen LogP contribution in [0.1, 0.15) is 11.3 Å². The van der Waals surface area contributed by atoms with Crippen LogP contribution in [0.2, 0.25) is 0 Å². The van der Waals surface area contributed by atoms with Crippen molar-refractivity contribution in [2.24, 2.45) is 0 Å². The molecule has 130 valence electrons. The minimum Gasteiger partial charge on any atom is -0.497 e. The molecule has 0 atom stereocenters. The number of anilines is 1. The van der Waals surface area contributed by atoms with Gasteiger partial charge in [-0.25, -0.2) is 9.97 Å². The normalized spacial score (nSPS) is 11.4. The van der Waals surface area contributed by atoms with Gasteiger partial charge in [0.15, 0.2) is 5.69 Å². The Labute approximate surface area is 146 Å². The molecule has 0 aliphatic carbocycles. The number of nitrogens with one attached hydrogen (secondary N) is 1. The molecule has 4 nitrogen and oxygen atoms in total. The number of hydrogen-bond donors (Lipinski definition) is 1. The van der Waals surface area contributed by atoms with Gasteiger partial charge in [-0.1, -0.05) is 18.2 Å². The van der Waals surface area contributed by atoms with Gasteiger partial charge in [0.2, 0.25) is 5.95 Å². The molecule has 0 aliphatic rings. The predicted molar refractivity (Wildman–Crippen MR) is 90.7 cm³/mol. The van der Waals surface area contributed by atoms with E-state index in [4.69, 9.17) is 4.74 Å². The van der Waals surface area contributed by atoms with Crippen LogP contribution in [-0.2, 0) is 12.7 Å². The van der Waals surface area contributed by atoms with Crippen LogP contribution in [0.5, 0.6) is 5.75 Å². The summed E-state index contributed by atoms with van der Waals surface area (Å²) >= 11 is 1.32. The summed E-state index contributed by atoms with van der Waals surface area (Å²) in [7, 11) is 1.57. The summed E-state index contributed by atoms with van der Waals surface area (Å²) in [5, 5.41) is 4.64. The Hall–Kier alpha value is -2.61. The SMILES string of the molecule is COc1ccc(CNc2nc(-c3cccs3)cc(C(F)(F)F)n2)cc1. The van der Waals surface area contributed by atoms with Gasteiger partial charge in [0.1, 0.15) is 5.75 Å². The lowest BCUT2D eigenvalue weighted by molar-refractivity contribution is -0.141. The molecular weight excluding hydrogens is 351 g/mol. The number of alkyl halides is 3. The molecule has 2 heterocycles. The van der Waals surface area contributed by atoms with E-state index < -0.39 is 11.9 Å². The van der Waals surface area contributed by atoms with E-state index in [1.54, 1.807) is 36.8 Å². The average Bonchev–Trinajstić information content (AvgIpc) is 3.14. The van der Waals surface area contributed by atoms with E-state index >= 15 is 0 Å². The molecule has 1 N–H and O–H groups in total. The standard InChI is InChI=1S/C17H14F3N3OS/c1-24-12-6-4-11(5-7-12)10-21-16-22-13(14-3-2-8-25-14)9-15(23-16)17(18,19)20/h2-9H,10H2,1H3,(H,21,22,23). The summed E-state index contributed by atoms with van der Waals surface area (Å²) in [6.45, 7) is 0.301. The largest absolute Gasteiger partial charge is 0.497 e. The van der Waals surface area contributed by atoms with Gasteiger partial charge in [-0.2, -0.15) is 13.2 Å². The highest BCUT2D eigenvalue weighted by Gasteiger charge is 2.33. The van der Waals surface area contributed by atoms with Gasteiger partial charge >= 0.3 is 6.18 Å². The maximum atomic E-state index is 13.1. The summed E-state index contributed by atoms with van der Waals surface area (Å²) in [4.78, 5) is 8.45. The molecule has 3 aromatic rings. The first kappa shape index (κ1) is 17.2. The van der Waals surface area contributed by atoms with Crippen LogP contribution in [0.15, 0.2) is 47.8 Å². The Balaban J connectivity index is 1.85. The van der Waals surface area contributed by atoms with Gasteiger partial charge in [-0.15, -0.1) is 11.3 Å². The number of aromatic nitrogens is 2. The van der Waals surface area contributed by atoms with Crippen molar-refractivity contribution >= 4 is 17.3 Å². The summed E-state index contributed by atoms with van der Waals surface area (Å²) in [5.41, 5.74) is 0.150. The lowest BCUT2D eigenvalue weighted by Crippen LogP contribution is -2.12. The third-order valence-electron chi connectivity index (χ3n) is 3.40. The van der Waals surface area contributed by atoms with Crippen molar-refractivity contribution < 1.29 is 17.9 Å². The minimum absolute atomic E-state index is 0.0611. The number of thiophene rings is 1. The first-order chi connectivity index (χ1) is 12.0. The van der Waals surface area contributed by atoms with Crippen molar-refractivity contribution in [1.29, 1.82) is 0 Å². The van der Waals surface area contributed by atoms with Crippen LogP contribution in [0, 0.1) is 0 Å². The first-order valence-corrected chi connectivity index (χ1v) is 8.20. The number of rotatable bonds is 5. The van der Waals surface area contributed by atoms with Crippen LogP contribution in [0.25, 0.3) is 10.6 Å². The van der Waals surface area contributed by atoms with E-state index in [0.717, 1.165) is 11.6 Å². The zero-order valence-corrected chi connectivity index (χ0v) is 14.0. The highest BCUT2D eigenvalue weighted by Crippen LogP contribution is 2.32. The second kappa shape index (κ2) is 7.10. The van der Waals surface area contributed by atoms with Gasteiger partial charge in [0.05, 0.1) is 17.7 Å². The Morgan fingerprint density at radius 1 is 1.12 bits per heavy atom. The molecule has 0 bridgehead atoms. The third kappa shape index (κ3) is 4.27. The van der Waals surface area contributed by atoms with Gasteiger partial charge in [0.25, 0.3) is 0 Å². The van der Waals surface area contributed by atoms with E-state index in [9.17, 15) is 13.2 Å². The van der Waals surface area contributed by atoms with Crippen LogP contribution in [0.3, 0.4) is 0 Å². The summed E-state index contributed by atoms with van der Waals surface area (Å²) in [6, 6.07) is 11.6. The average molecular weight is 365 g/mol. The van der Waals surface area contributed by atoms with Crippen molar-refractivity contribution in [3.8, 4) is 16.3 Å². The van der Waals surface area contributed by atoms with Crippen molar-refractivity contribution in [2.45, 2.75) is 12.7 Å². The molecule has 0 unspecified atom stereocenters. The fourth-order valence-corrected chi connectivity index (χ4v) is 2.83. The molecule has 0 saturated carbocycles. The Kier molecular flexibility index (Phi) is 4.89. The number of benzene rings is 1. The molecule has 0 fully saturated rings. The van der Waals surface area contributed by atoms with E-state index in [0.29, 0.717) is 17.2 Å². The molecule has 1 aromatic carbocycles. The Morgan fingerprint density at radius 3 is 2.48 bits per heavy atom. The molecule has 0 aliphatic heterocycles. The van der Waals surface area contributed by atoms with Crippen molar-refractivity contribution in [1.82, 2.24) is 9.97 Å². The van der Waals surface area contributed by atoms with Crippen LogP contribution < -0.4 is 10.1 Å². The molecule has 8 heteroatoms. The molecule has 0 spiro atoms. The van der Waals surface area contributed by atoms with Crippen molar-refractivity contribution in [3.63, 3.8) is 0 Å². The molecule has 25 heavy (non-hydrogen) atoms. The maximum Gasteiger partial charge on any atom is 0.433 e. The van der Waals surface area contributed by atoms with E-state index in [1.165, 1.54) is 11.3 Å². The van der Waals surface area contributed by atoms with Crippen molar-refractivity contribution in [3.05, 3.63) is 59.1 Å². The fourth-order valence-electron chi connectivity index (χ4n) is 2.15. The molecule has 0 saturated heterocycles. The lowest BCUT2D eigenvalue weighted by atomic mass is 10.2. The zero-order chi connectivity index (χ0) is 17.9. The number of halogens is 3. The molecular formula is C17H14F3N3OS. The second-order valence-electron chi connectivity index (χ2n) is 5.14.